The molecule has 0 spiro atoms. The van der Waals surface area contributed by atoms with Gasteiger partial charge in [0.1, 0.15) is 0 Å². The van der Waals surface area contributed by atoms with Gasteiger partial charge in [0.25, 0.3) is 0 Å². The summed E-state index contributed by atoms with van der Waals surface area (Å²) in [6.07, 6.45) is 0.347. The molecule has 5 heteroatoms. The lowest BCUT2D eigenvalue weighted by Crippen LogP contribution is -2.36. The molecule has 0 saturated carbocycles. The van der Waals surface area contributed by atoms with Crippen molar-refractivity contribution in [2.75, 3.05) is 36.5 Å². The second-order valence-electron chi connectivity index (χ2n) is 6.67. The van der Waals surface area contributed by atoms with Crippen LogP contribution in [0, 0.1) is 0 Å². The quantitative estimate of drug-likeness (QED) is 0.664. The molecule has 1 amide bonds. The van der Waals surface area contributed by atoms with Crippen molar-refractivity contribution in [2.45, 2.75) is 6.42 Å². The molecule has 0 aromatic heterocycles. The highest BCUT2D eigenvalue weighted by Crippen LogP contribution is 2.30. The summed E-state index contributed by atoms with van der Waals surface area (Å²) in [5.41, 5.74) is 2.87. The maximum absolute atomic E-state index is 12.7. The molecule has 0 unspecified atom stereocenters. The monoisotopic (exact) mass is 424 g/mol. The molecule has 1 fully saturated rings. The van der Waals surface area contributed by atoms with Crippen molar-refractivity contribution < 1.29 is 9.53 Å². The van der Waals surface area contributed by atoms with E-state index in [2.05, 4.69) is 50.4 Å². The van der Waals surface area contributed by atoms with Gasteiger partial charge in [-0.15, -0.1) is 0 Å². The first-order chi connectivity index (χ1) is 13.2. The zero-order valence-electron chi connectivity index (χ0n) is 15.0. The summed E-state index contributed by atoms with van der Waals surface area (Å²) in [5, 5.41) is 5.43. The largest absolute Gasteiger partial charge is 0.378 e. The van der Waals surface area contributed by atoms with E-state index in [1.54, 1.807) is 0 Å². The summed E-state index contributed by atoms with van der Waals surface area (Å²) in [7, 11) is 0. The van der Waals surface area contributed by atoms with Crippen LogP contribution in [0.4, 0.5) is 11.4 Å². The SMILES string of the molecule is O=C(Cc1ccc2ccccc2c1)Nc1cc(Br)ccc1N1CCOCC1. The van der Waals surface area contributed by atoms with E-state index in [9.17, 15) is 4.79 Å². The number of hydrogen-bond acceptors (Lipinski definition) is 3. The average Bonchev–Trinajstić information content (AvgIpc) is 2.68. The van der Waals surface area contributed by atoms with Crippen molar-refractivity contribution in [2.24, 2.45) is 0 Å². The summed E-state index contributed by atoms with van der Waals surface area (Å²) < 4.78 is 6.39. The number of benzene rings is 3. The van der Waals surface area contributed by atoms with Crippen LogP contribution < -0.4 is 10.2 Å². The summed E-state index contributed by atoms with van der Waals surface area (Å²) in [6, 6.07) is 20.4. The standard InChI is InChI=1S/C22H21BrN2O2/c23-19-7-8-21(25-9-11-27-12-10-25)20(15-19)24-22(26)14-16-5-6-17-3-1-2-4-18(17)13-16/h1-8,13,15H,9-12,14H2,(H,24,26). The number of amides is 1. The lowest BCUT2D eigenvalue weighted by Gasteiger charge is -2.30. The molecule has 3 aromatic rings. The van der Waals surface area contributed by atoms with Gasteiger partial charge in [0.15, 0.2) is 0 Å². The van der Waals surface area contributed by atoms with Gasteiger partial charge >= 0.3 is 0 Å². The normalized spacial score (nSPS) is 14.3. The predicted molar refractivity (Wildman–Crippen MR) is 113 cm³/mol. The Morgan fingerprint density at radius 1 is 1.00 bits per heavy atom. The number of rotatable bonds is 4. The third-order valence-electron chi connectivity index (χ3n) is 4.76. The van der Waals surface area contributed by atoms with Gasteiger partial charge in [0.05, 0.1) is 31.0 Å². The Kier molecular flexibility index (Phi) is 5.41. The van der Waals surface area contributed by atoms with E-state index >= 15 is 0 Å². The topological polar surface area (TPSA) is 41.6 Å². The average molecular weight is 425 g/mol. The second-order valence-corrected chi connectivity index (χ2v) is 7.58. The van der Waals surface area contributed by atoms with Crippen molar-refractivity contribution in [3.05, 3.63) is 70.7 Å². The van der Waals surface area contributed by atoms with Gasteiger partial charge in [-0.2, -0.15) is 0 Å². The molecule has 27 heavy (non-hydrogen) atoms. The Balaban J connectivity index is 1.52. The highest BCUT2D eigenvalue weighted by atomic mass is 79.9. The third-order valence-corrected chi connectivity index (χ3v) is 5.26. The minimum absolute atomic E-state index is 0.0158. The molecule has 3 aromatic carbocycles. The van der Waals surface area contributed by atoms with Crippen molar-refractivity contribution in [3.8, 4) is 0 Å². The third kappa shape index (κ3) is 4.31. The van der Waals surface area contributed by atoms with Crippen LogP contribution in [0.2, 0.25) is 0 Å². The smallest absolute Gasteiger partial charge is 0.228 e. The van der Waals surface area contributed by atoms with E-state index in [1.165, 1.54) is 5.39 Å². The first-order valence-corrected chi connectivity index (χ1v) is 9.88. The van der Waals surface area contributed by atoms with Crippen molar-refractivity contribution in [3.63, 3.8) is 0 Å². The van der Waals surface area contributed by atoms with Crippen LogP contribution in [0.15, 0.2) is 65.1 Å². The molecular formula is C22H21BrN2O2. The Morgan fingerprint density at radius 3 is 2.59 bits per heavy atom. The van der Waals surface area contributed by atoms with E-state index < -0.39 is 0 Å². The zero-order valence-corrected chi connectivity index (χ0v) is 16.5. The number of nitrogens with one attached hydrogen (secondary N) is 1. The number of ether oxygens (including phenoxy) is 1. The van der Waals surface area contributed by atoms with Crippen LogP contribution in [0.1, 0.15) is 5.56 Å². The van der Waals surface area contributed by atoms with Gasteiger partial charge < -0.3 is 15.0 Å². The highest BCUT2D eigenvalue weighted by Gasteiger charge is 2.16. The summed E-state index contributed by atoms with van der Waals surface area (Å²) in [5.74, 6) is -0.0158. The van der Waals surface area contributed by atoms with Crippen molar-refractivity contribution in [1.29, 1.82) is 0 Å². The Hall–Kier alpha value is -2.37. The Bertz CT molecular complexity index is 967. The van der Waals surface area contributed by atoms with Gasteiger partial charge in [-0.25, -0.2) is 0 Å². The van der Waals surface area contributed by atoms with Gasteiger partial charge in [-0.05, 0) is 34.5 Å². The van der Waals surface area contributed by atoms with Crippen LogP contribution >= 0.6 is 15.9 Å². The molecule has 4 rings (SSSR count). The Labute approximate surface area is 167 Å². The molecule has 1 aliphatic rings. The molecular weight excluding hydrogens is 404 g/mol. The van der Waals surface area contributed by atoms with Crippen LogP contribution in [-0.4, -0.2) is 32.2 Å². The number of morpholine rings is 1. The van der Waals surface area contributed by atoms with Gasteiger partial charge in [-0.3, -0.25) is 4.79 Å². The van der Waals surface area contributed by atoms with Gasteiger partial charge in [0, 0.05) is 17.6 Å². The fourth-order valence-electron chi connectivity index (χ4n) is 3.42. The van der Waals surface area contributed by atoms with Crippen molar-refractivity contribution in [1.82, 2.24) is 0 Å². The highest BCUT2D eigenvalue weighted by molar-refractivity contribution is 9.10. The number of anilines is 2. The van der Waals surface area contributed by atoms with Crippen LogP contribution in [0.5, 0.6) is 0 Å². The lowest BCUT2D eigenvalue weighted by molar-refractivity contribution is -0.115. The van der Waals surface area contributed by atoms with E-state index in [-0.39, 0.29) is 5.91 Å². The number of fused-ring (bicyclic) bond motifs is 1. The van der Waals surface area contributed by atoms with E-state index in [1.807, 2.05) is 36.4 Å². The fraction of sp³-hybridized carbons (Fsp3) is 0.227. The number of carbonyl (C=O) groups excluding carboxylic acids is 1. The zero-order chi connectivity index (χ0) is 18.6. The molecule has 0 radical (unpaired) electrons. The number of hydrogen-bond donors (Lipinski definition) is 1. The van der Waals surface area contributed by atoms with Crippen LogP contribution in [0.25, 0.3) is 10.8 Å². The number of nitrogens with zero attached hydrogens (tertiary/aromatic N) is 1. The molecule has 4 nitrogen and oxygen atoms in total. The van der Waals surface area contributed by atoms with Crippen molar-refractivity contribution >= 4 is 44.0 Å². The maximum Gasteiger partial charge on any atom is 0.228 e. The minimum atomic E-state index is -0.0158. The van der Waals surface area contributed by atoms with Crippen LogP contribution in [0.3, 0.4) is 0 Å². The molecule has 0 atom stereocenters. The second kappa shape index (κ2) is 8.11. The van der Waals surface area contributed by atoms with Gasteiger partial charge in [-0.1, -0.05) is 58.4 Å². The van der Waals surface area contributed by atoms with E-state index in [0.717, 1.165) is 39.9 Å². The van der Waals surface area contributed by atoms with Gasteiger partial charge in [0.2, 0.25) is 5.91 Å². The number of carbonyl (C=O) groups is 1. The van der Waals surface area contributed by atoms with Crippen LogP contribution in [-0.2, 0) is 16.0 Å². The minimum Gasteiger partial charge on any atom is -0.378 e. The van der Waals surface area contributed by atoms with E-state index in [0.29, 0.717) is 19.6 Å². The molecule has 1 N–H and O–H groups in total. The fourth-order valence-corrected chi connectivity index (χ4v) is 3.78. The summed E-state index contributed by atoms with van der Waals surface area (Å²) in [6.45, 7) is 3.07. The Morgan fingerprint density at radius 2 is 1.78 bits per heavy atom. The lowest BCUT2D eigenvalue weighted by atomic mass is 10.0. The molecule has 0 aliphatic carbocycles. The summed E-state index contributed by atoms with van der Waals surface area (Å²) in [4.78, 5) is 14.9. The molecule has 138 valence electrons. The first kappa shape index (κ1) is 18.0. The maximum atomic E-state index is 12.7. The van der Waals surface area contributed by atoms with E-state index in [4.69, 9.17) is 4.74 Å². The summed E-state index contributed by atoms with van der Waals surface area (Å²) >= 11 is 3.51. The molecule has 0 bridgehead atoms. The molecule has 1 aliphatic heterocycles. The molecule has 1 saturated heterocycles. The first-order valence-electron chi connectivity index (χ1n) is 9.09. The predicted octanol–water partition coefficient (Wildman–Crippen LogP) is 4.62. The number of halogens is 1. The molecule has 1 heterocycles.